The molecule has 0 aliphatic carbocycles. The van der Waals surface area contributed by atoms with Gasteiger partial charge in [-0.05, 0) is 79.6 Å². The molecule has 0 N–H and O–H groups in total. The van der Waals surface area contributed by atoms with E-state index in [1.807, 2.05) is 13.0 Å². The zero-order valence-electron chi connectivity index (χ0n) is 16.2. The van der Waals surface area contributed by atoms with Crippen LogP contribution in [0.3, 0.4) is 0 Å². The average Bonchev–Trinajstić information content (AvgIpc) is 2.71. The molecule has 3 aromatic rings. The fourth-order valence-electron chi connectivity index (χ4n) is 2.85. The second-order valence-corrected chi connectivity index (χ2v) is 8.77. The Morgan fingerprint density at radius 1 is 0.931 bits per heavy atom. The van der Waals surface area contributed by atoms with Gasteiger partial charge in [0.1, 0.15) is 5.75 Å². The lowest BCUT2D eigenvalue weighted by molar-refractivity contribution is 0.100. The summed E-state index contributed by atoms with van der Waals surface area (Å²) in [5.74, 6) is -0.0864. The molecule has 5 nitrogen and oxygen atoms in total. The molecule has 0 unspecified atom stereocenters. The molecule has 0 aliphatic rings. The molecule has 0 saturated heterocycles. The molecule has 3 rings (SSSR count). The maximum absolute atomic E-state index is 13.5. The van der Waals surface area contributed by atoms with E-state index >= 15 is 0 Å². The summed E-state index contributed by atoms with van der Waals surface area (Å²) in [6, 6.07) is 17.4. The van der Waals surface area contributed by atoms with Crippen LogP contribution in [0.1, 0.15) is 21.5 Å². The number of hydrogen-bond donors (Lipinski definition) is 0. The van der Waals surface area contributed by atoms with Crippen molar-refractivity contribution in [3.63, 3.8) is 0 Å². The van der Waals surface area contributed by atoms with Crippen LogP contribution in [0.25, 0.3) is 0 Å². The quantitative estimate of drug-likeness (QED) is 0.572. The third kappa shape index (κ3) is 4.28. The lowest BCUT2D eigenvalue weighted by Gasteiger charge is -2.25. The Hall–Kier alpha value is -2.83. The van der Waals surface area contributed by atoms with Gasteiger partial charge >= 0.3 is 0 Å². The van der Waals surface area contributed by atoms with E-state index in [9.17, 15) is 13.2 Å². The van der Waals surface area contributed by atoms with Crippen LogP contribution in [0.15, 0.2) is 71.6 Å². The first-order valence-electron chi connectivity index (χ1n) is 8.80. The third-order valence-electron chi connectivity index (χ3n) is 4.46. The number of sulfonamides is 1. The Labute approximate surface area is 175 Å². The monoisotopic (exact) mass is 429 g/mol. The summed E-state index contributed by atoms with van der Waals surface area (Å²) in [4.78, 5) is 13.4. The zero-order valence-corrected chi connectivity index (χ0v) is 17.8. The van der Waals surface area contributed by atoms with E-state index in [0.29, 0.717) is 22.0 Å². The van der Waals surface area contributed by atoms with Crippen LogP contribution in [0.2, 0.25) is 5.02 Å². The van der Waals surface area contributed by atoms with Gasteiger partial charge < -0.3 is 4.74 Å². The highest BCUT2D eigenvalue weighted by Crippen LogP contribution is 2.30. The number of rotatable bonds is 5. The van der Waals surface area contributed by atoms with Gasteiger partial charge in [0.2, 0.25) is 0 Å². The SMILES string of the molecule is COc1ccc(C(=O)N(c2cc(C)ccc2C)S(=O)(=O)c2ccc(Cl)cc2)cc1. The number of amides is 1. The van der Waals surface area contributed by atoms with Crippen LogP contribution in [-0.2, 0) is 10.0 Å². The van der Waals surface area contributed by atoms with Crippen molar-refractivity contribution < 1.29 is 17.9 Å². The van der Waals surface area contributed by atoms with Gasteiger partial charge in [-0.1, -0.05) is 23.7 Å². The summed E-state index contributed by atoms with van der Waals surface area (Å²) in [6.07, 6.45) is 0. The minimum absolute atomic E-state index is 0.0235. The first-order valence-corrected chi connectivity index (χ1v) is 10.6. The normalized spacial score (nSPS) is 11.2. The smallest absolute Gasteiger partial charge is 0.272 e. The second-order valence-electron chi connectivity index (χ2n) is 6.55. The molecule has 0 aliphatic heterocycles. The number of nitrogens with zero attached hydrogens (tertiary/aromatic N) is 1. The molecule has 0 aromatic heterocycles. The lowest BCUT2D eigenvalue weighted by atomic mass is 10.1. The van der Waals surface area contributed by atoms with E-state index < -0.39 is 15.9 Å². The van der Waals surface area contributed by atoms with Crippen LogP contribution in [0, 0.1) is 13.8 Å². The molecule has 0 radical (unpaired) electrons. The average molecular weight is 430 g/mol. The van der Waals surface area contributed by atoms with E-state index in [1.165, 1.54) is 43.5 Å². The van der Waals surface area contributed by atoms with Gasteiger partial charge in [-0.3, -0.25) is 4.79 Å². The number of methoxy groups -OCH3 is 1. The Bertz CT molecular complexity index is 1140. The number of halogens is 1. The molecule has 0 heterocycles. The summed E-state index contributed by atoms with van der Waals surface area (Å²) in [7, 11) is -2.66. The molecule has 7 heteroatoms. The molecule has 0 saturated carbocycles. The first-order chi connectivity index (χ1) is 13.7. The summed E-state index contributed by atoms with van der Waals surface area (Å²) < 4.78 is 32.9. The maximum atomic E-state index is 13.5. The number of hydrogen-bond acceptors (Lipinski definition) is 4. The molecule has 0 fully saturated rings. The molecule has 0 spiro atoms. The summed E-state index contributed by atoms with van der Waals surface area (Å²) in [6.45, 7) is 3.61. The van der Waals surface area contributed by atoms with Gasteiger partial charge in [-0.25, -0.2) is 8.42 Å². The summed E-state index contributed by atoms with van der Waals surface area (Å²) in [5, 5.41) is 0.406. The summed E-state index contributed by atoms with van der Waals surface area (Å²) in [5.41, 5.74) is 2.03. The highest BCUT2D eigenvalue weighted by molar-refractivity contribution is 7.93. The number of ether oxygens (including phenoxy) is 1. The maximum Gasteiger partial charge on any atom is 0.272 e. The highest BCUT2D eigenvalue weighted by atomic mass is 35.5. The minimum atomic E-state index is -4.18. The fourth-order valence-corrected chi connectivity index (χ4v) is 4.45. The fraction of sp³-hybridized carbons (Fsp3) is 0.136. The van der Waals surface area contributed by atoms with Crippen LogP contribution < -0.4 is 9.04 Å². The molecular formula is C22H20ClNO4S. The van der Waals surface area contributed by atoms with Gasteiger partial charge in [-0.15, -0.1) is 0 Å². The van der Waals surface area contributed by atoms with E-state index in [4.69, 9.17) is 16.3 Å². The van der Waals surface area contributed by atoms with Gasteiger partial charge in [0, 0.05) is 10.6 Å². The van der Waals surface area contributed by atoms with Gasteiger partial charge in [0.25, 0.3) is 15.9 Å². The standard InChI is InChI=1S/C22H20ClNO4S/c1-15-4-5-16(2)21(14-15)24(22(25)17-6-10-19(28-3)11-7-17)29(26,27)20-12-8-18(23)9-13-20/h4-14H,1-3H3. The van der Waals surface area contributed by atoms with Crippen molar-refractivity contribution >= 4 is 33.2 Å². The Morgan fingerprint density at radius 3 is 2.14 bits per heavy atom. The van der Waals surface area contributed by atoms with Gasteiger partial charge in [0.15, 0.2) is 0 Å². The Balaban J connectivity index is 2.19. The van der Waals surface area contributed by atoms with Crippen LogP contribution in [-0.4, -0.2) is 21.4 Å². The van der Waals surface area contributed by atoms with E-state index in [2.05, 4.69) is 0 Å². The molecule has 1 amide bonds. The number of aryl methyl sites for hydroxylation is 2. The second kappa shape index (κ2) is 8.27. The van der Waals surface area contributed by atoms with Crippen molar-refractivity contribution in [3.05, 3.63) is 88.4 Å². The van der Waals surface area contributed by atoms with Gasteiger partial charge in [-0.2, -0.15) is 4.31 Å². The molecule has 3 aromatic carbocycles. The topological polar surface area (TPSA) is 63.7 Å². The molecule has 29 heavy (non-hydrogen) atoms. The number of benzene rings is 3. The van der Waals surface area contributed by atoms with E-state index in [-0.39, 0.29) is 10.5 Å². The van der Waals surface area contributed by atoms with Crippen LogP contribution in [0.4, 0.5) is 5.69 Å². The lowest BCUT2D eigenvalue weighted by Crippen LogP contribution is -2.37. The van der Waals surface area contributed by atoms with Crippen molar-refractivity contribution in [2.24, 2.45) is 0 Å². The van der Waals surface area contributed by atoms with Crippen molar-refractivity contribution in [2.45, 2.75) is 18.7 Å². The van der Waals surface area contributed by atoms with Crippen molar-refractivity contribution in [3.8, 4) is 5.75 Å². The zero-order chi connectivity index (χ0) is 21.2. The minimum Gasteiger partial charge on any atom is -0.497 e. The predicted octanol–water partition coefficient (Wildman–Crippen LogP) is 5.00. The summed E-state index contributed by atoms with van der Waals surface area (Å²) >= 11 is 5.90. The molecular weight excluding hydrogens is 410 g/mol. The Kier molecular flexibility index (Phi) is 5.96. The third-order valence-corrected chi connectivity index (χ3v) is 6.42. The highest BCUT2D eigenvalue weighted by Gasteiger charge is 2.33. The number of carbonyl (C=O) groups is 1. The Morgan fingerprint density at radius 2 is 1.55 bits per heavy atom. The molecule has 0 atom stereocenters. The van der Waals surface area contributed by atoms with Crippen molar-refractivity contribution in [2.75, 3.05) is 11.4 Å². The predicted molar refractivity (Wildman–Crippen MR) is 114 cm³/mol. The van der Waals surface area contributed by atoms with Gasteiger partial charge in [0.05, 0.1) is 17.7 Å². The van der Waals surface area contributed by atoms with Crippen molar-refractivity contribution in [1.29, 1.82) is 0 Å². The number of carbonyl (C=O) groups excluding carboxylic acids is 1. The molecule has 0 bridgehead atoms. The van der Waals surface area contributed by atoms with Crippen molar-refractivity contribution in [1.82, 2.24) is 0 Å². The molecule has 150 valence electrons. The van der Waals surface area contributed by atoms with Crippen LogP contribution in [0.5, 0.6) is 5.75 Å². The van der Waals surface area contributed by atoms with Crippen LogP contribution >= 0.6 is 11.6 Å². The first kappa shape index (κ1) is 20.9. The van der Waals surface area contributed by atoms with E-state index in [0.717, 1.165) is 9.87 Å². The number of anilines is 1. The largest absolute Gasteiger partial charge is 0.497 e. The van der Waals surface area contributed by atoms with E-state index in [1.54, 1.807) is 31.2 Å².